The van der Waals surface area contributed by atoms with Crippen LogP contribution in [0.15, 0.2) is 35.1 Å². The van der Waals surface area contributed by atoms with E-state index in [1.54, 1.807) is 6.33 Å². The van der Waals surface area contributed by atoms with Crippen LogP contribution in [0.4, 0.5) is 5.82 Å². The van der Waals surface area contributed by atoms with Crippen molar-refractivity contribution in [3.8, 4) is 11.3 Å². The quantitative estimate of drug-likeness (QED) is 0.720. The summed E-state index contributed by atoms with van der Waals surface area (Å²) < 4.78 is 5.48. The summed E-state index contributed by atoms with van der Waals surface area (Å²) >= 11 is 0. The van der Waals surface area contributed by atoms with Gasteiger partial charge in [-0.05, 0) is 31.2 Å². The maximum absolute atomic E-state index is 5.48. The average Bonchev–Trinajstić information content (AvgIpc) is 3.00. The van der Waals surface area contributed by atoms with Crippen molar-refractivity contribution in [2.24, 2.45) is 5.92 Å². The van der Waals surface area contributed by atoms with Crippen LogP contribution in [0, 0.1) is 12.8 Å². The highest BCUT2D eigenvalue weighted by Crippen LogP contribution is 2.35. The van der Waals surface area contributed by atoms with Crippen LogP contribution in [-0.4, -0.2) is 28.2 Å². The minimum atomic E-state index is 0.562. The van der Waals surface area contributed by atoms with E-state index in [-0.39, 0.29) is 0 Å². The van der Waals surface area contributed by atoms with Gasteiger partial charge in [0, 0.05) is 18.7 Å². The first-order chi connectivity index (χ1) is 11.2. The molecule has 118 valence electrons. The first-order valence-corrected chi connectivity index (χ1v) is 8.15. The Balaban J connectivity index is 1.86. The van der Waals surface area contributed by atoms with Gasteiger partial charge in [-0.2, -0.15) is 4.98 Å². The Morgan fingerprint density at radius 1 is 1.13 bits per heavy atom. The topological polar surface area (TPSA) is 55.1 Å². The molecule has 0 aliphatic carbocycles. The largest absolute Gasteiger partial charge is 0.356 e. The van der Waals surface area contributed by atoms with E-state index in [0.29, 0.717) is 5.71 Å². The highest BCUT2D eigenvalue weighted by molar-refractivity contribution is 5.98. The summed E-state index contributed by atoms with van der Waals surface area (Å²) in [5.74, 6) is 1.73. The molecule has 5 heteroatoms. The molecule has 0 bridgehead atoms. The molecule has 0 amide bonds. The summed E-state index contributed by atoms with van der Waals surface area (Å²) in [6.07, 6.45) is 3.95. The van der Waals surface area contributed by atoms with Crippen LogP contribution >= 0.6 is 0 Å². The third kappa shape index (κ3) is 2.46. The molecule has 1 aliphatic rings. The molecule has 5 nitrogen and oxygen atoms in total. The zero-order valence-electron chi connectivity index (χ0n) is 13.5. The molecule has 1 aliphatic heterocycles. The second-order valence-corrected chi connectivity index (χ2v) is 6.39. The second-order valence-electron chi connectivity index (χ2n) is 6.39. The molecule has 2 aromatic heterocycles. The molecule has 0 N–H and O–H groups in total. The third-order valence-corrected chi connectivity index (χ3v) is 4.74. The van der Waals surface area contributed by atoms with Gasteiger partial charge in [0.05, 0.1) is 0 Å². The molecule has 1 fully saturated rings. The van der Waals surface area contributed by atoms with Gasteiger partial charge in [-0.15, -0.1) is 0 Å². The Labute approximate surface area is 135 Å². The monoisotopic (exact) mass is 308 g/mol. The number of piperidine rings is 1. The first kappa shape index (κ1) is 14.2. The fourth-order valence-corrected chi connectivity index (χ4v) is 3.25. The van der Waals surface area contributed by atoms with Crippen molar-refractivity contribution in [3.05, 3.63) is 36.2 Å². The predicted octanol–water partition coefficient (Wildman–Crippen LogP) is 3.83. The van der Waals surface area contributed by atoms with Gasteiger partial charge in [-0.25, -0.2) is 4.98 Å². The van der Waals surface area contributed by atoms with Crippen molar-refractivity contribution in [2.45, 2.75) is 26.7 Å². The van der Waals surface area contributed by atoms with Crippen LogP contribution in [0.5, 0.6) is 0 Å². The number of aromatic nitrogens is 3. The Hall–Kier alpha value is -2.43. The molecule has 0 unspecified atom stereocenters. The lowest BCUT2D eigenvalue weighted by Crippen LogP contribution is -2.33. The normalized spacial score (nSPS) is 16.2. The number of fused-ring (bicyclic) bond motifs is 1. The predicted molar refractivity (Wildman–Crippen MR) is 90.4 cm³/mol. The van der Waals surface area contributed by atoms with Gasteiger partial charge < -0.3 is 9.42 Å². The van der Waals surface area contributed by atoms with Gasteiger partial charge in [-0.3, -0.25) is 0 Å². The summed E-state index contributed by atoms with van der Waals surface area (Å²) in [4.78, 5) is 11.2. The van der Waals surface area contributed by atoms with E-state index < -0.39 is 0 Å². The lowest BCUT2D eigenvalue weighted by molar-refractivity contribution is 0.436. The molecular weight excluding hydrogens is 288 g/mol. The summed E-state index contributed by atoms with van der Waals surface area (Å²) in [6, 6.07) is 8.21. The lowest BCUT2D eigenvalue weighted by Gasteiger charge is -2.31. The number of aryl methyl sites for hydroxylation is 1. The van der Waals surface area contributed by atoms with E-state index in [1.807, 2.05) is 12.1 Å². The fourth-order valence-electron chi connectivity index (χ4n) is 3.25. The first-order valence-electron chi connectivity index (χ1n) is 8.15. The zero-order chi connectivity index (χ0) is 15.8. The average molecular weight is 308 g/mol. The highest BCUT2D eigenvalue weighted by Gasteiger charge is 2.24. The van der Waals surface area contributed by atoms with Crippen molar-refractivity contribution >= 4 is 16.9 Å². The van der Waals surface area contributed by atoms with Crippen molar-refractivity contribution in [1.29, 1.82) is 0 Å². The molecule has 0 saturated carbocycles. The van der Waals surface area contributed by atoms with E-state index in [9.17, 15) is 0 Å². The van der Waals surface area contributed by atoms with Crippen LogP contribution in [0.1, 0.15) is 25.3 Å². The van der Waals surface area contributed by atoms with Gasteiger partial charge in [0.15, 0.2) is 0 Å². The Kier molecular flexibility index (Phi) is 3.48. The van der Waals surface area contributed by atoms with Gasteiger partial charge in [0.1, 0.15) is 23.2 Å². The fraction of sp³-hybridized carbons (Fsp3) is 0.389. The number of nitrogens with zero attached hydrogens (tertiary/aromatic N) is 4. The van der Waals surface area contributed by atoms with Crippen LogP contribution < -0.4 is 4.90 Å². The standard InChI is InChI=1S/C18H20N4O/c1-12-7-9-22(10-8-12)17-15-16(14-6-4-3-5-13(14)2)21-23-18(15)20-11-19-17/h3-6,11-12H,7-10H2,1-2H3. The van der Waals surface area contributed by atoms with Crippen molar-refractivity contribution in [1.82, 2.24) is 15.1 Å². The van der Waals surface area contributed by atoms with Crippen LogP contribution in [0.3, 0.4) is 0 Å². The van der Waals surface area contributed by atoms with E-state index in [2.05, 4.69) is 46.0 Å². The number of anilines is 1. The van der Waals surface area contributed by atoms with Gasteiger partial charge in [-0.1, -0.05) is 36.3 Å². The summed E-state index contributed by atoms with van der Waals surface area (Å²) in [7, 11) is 0. The number of hydrogen-bond acceptors (Lipinski definition) is 5. The molecule has 0 radical (unpaired) electrons. The van der Waals surface area contributed by atoms with E-state index in [0.717, 1.165) is 41.5 Å². The molecule has 3 heterocycles. The molecular formula is C18H20N4O. The molecule has 0 atom stereocenters. The maximum atomic E-state index is 5.48. The minimum Gasteiger partial charge on any atom is -0.356 e. The minimum absolute atomic E-state index is 0.562. The van der Waals surface area contributed by atoms with Gasteiger partial charge >= 0.3 is 0 Å². The van der Waals surface area contributed by atoms with Gasteiger partial charge in [0.2, 0.25) is 0 Å². The molecule has 1 saturated heterocycles. The van der Waals surface area contributed by atoms with Crippen LogP contribution in [-0.2, 0) is 0 Å². The highest BCUT2D eigenvalue weighted by atomic mass is 16.5. The molecule has 3 aromatic rings. The van der Waals surface area contributed by atoms with Gasteiger partial charge in [0.25, 0.3) is 5.71 Å². The van der Waals surface area contributed by atoms with E-state index in [1.165, 1.54) is 18.4 Å². The third-order valence-electron chi connectivity index (χ3n) is 4.74. The van der Waals surface area contributed by atoms with E-state index >= 15 is 0 Å². The number of benzene rings is 1. The van der Waals surface area contributed by atoms with Crippen molar-refractivity contribution in [3.63, 3.8) is 0 Å². The van der Waals surface area contributed by atoms with Crippen LogP contribution in [0.25, 0.3) is 22.4 Å². The smallest absolute Gasteiger partial charge is 0.263 e. The number of rotatable bonds is 2. The Morgan fingerprint density at radius 3 is 2.70 bits per heavy atom. The molecule has 1 aromatic carbocycles. The second kappa shape index (κ2) is 5.65. The Morgan fingerprint density at radius 2 is 1.91 bits per heavy atom. The molecule has 4 rings (SSSR count). The van der Waals surface area contributed by atoms with Crippen LogP contribution in [0.2, 0.25) is 0 Å². The van der Waals surface area contributed by atoms with Crippen molar-refractivity contribution < 1.29 is 4.52 Å². The zero-order valence-corrected chi connectivity index (χ0v) is 13.5. The summed E-state index contributed by atoms with van der Waals surface area (Å²) in [5, 5.41) is 5.22. The maximum Gasteiger partial charge on any atom is 0.263 e. The van der Waals surface area contributed by atoms with E-state index in [4.69, 9.17) is 4.52 Å². The summed E-state index contributed by atoms with van der Waals surface area (Å²) in [5.41, 5.74) is 3.65. The number of hydrogen-bond donors (Lipinski definition) is 0. The SMILES string of the molecule is Cc1ccccc1-c1noc2ncnc(N3CCC(C)CC3)c12. The lowest BCUT2D eigenvalue weighted by atomic mass is 9.98. The van der Waals surface area contributed by atoms with Crippen molar-refractivity contribution in [2.75, 3.05) is 18.0 Å². The summed E-state index contributed by atoms with van der Waals surface area (Å²) in [6.45, 7) is 6.43. The molecule has 23 heavy (non-hydrogen) atoms. The molecule has 0 spiro atoms. The Bertz CT molecular complexity index is 834.